The molecule has 19 heavy (non-hydrogen) atoms. The fourth-order valence-corrected chi connectivity index (χ4v) is 2.79. The van der Waals surface area contributed by atoms with Gasteiger partial charge in [0.15, 0.2) is 0 Å². The quantitative estimate of drug-likeness (QED) is 0.849. The summed E-state index contributed by atoms with van der Waals surface area (Å²) >= 11 is 1.56. The van der Waals surface area contributed by atoms with E-state index in [4.69, 9.17) is 0 Å². The van der Waals surface area contributed by atoms with Gasteiger partial charge in [-0.2, -0.15) is 0 Å². The van der Waals surface area contributed by atoms with E-state index in [1.165, 1.54) is 5.56 Å². The maximum Gasteiger partial charge on any atom is 0.205 e. The molecule has 5 heteroatoms. The van der Waals surface area contributed by atoms with E-state index in [1.807, 2.05) is 18.2 Å². The zero-order chi connectivity index (χ0) is 13.1. The molecule has 1 aromatic heterocycles. The number of anilines is 1. The monoisotopic (exact) mass is 275 g/mol. The lowest BCUT2D eigenvalue weighted by Gasteiger charge is -2.08. The van der Waals surface area contributed by atoms with Crippen LogP contribution < -0.4 is 5.32 Å². The van der Waals surface area contributed by atoms with Crippen molar-refractivity contribution in [3.63, 3.8) is 0 Å². The Labute approximate surface area is 116 Å². The van der Waals surface area contributed by atoms with Crippen molar-refractivity contribution in [2.45, 2.75) is 25.4 Å². The summed E-state index contributed by atoms with van der Waals surface area (Å²) in [5.41, 5.74) is 1.24. The van der Waals surface area contributed by atoms with Crippen LogP contribution >= 0.6 is 11.3 Å². The van der Waals surface area contributed by atoms with Gasteiger partial charge in [-0.1, -0.05) is 41.7 Å². The van der Waals surface area contributed by atoms with Gasteiger partial charge in [0.2, 0.25) is 5.13 Å². The fourth-order valence-electron chi connectivity index (χ4n) is 2.01. The predicted molar refractivity (Wildman–Crippen MR) is 76.4 cm³/mol. The molecule has 0 unspecified atom stereocenters. The maximum absolute atomic E-state index is 9.79. The molecule has 3 rings (SSSR count). The highest BCUT2D eigenvalue weighted by atomic mass is 32.1. The molecular weight excluding hydrogens is 258 g/mol. The minimum Gasteiger partial charge on any atom is -0.391 e. The lowest BCUT2D eigenvalue weighted by Crippen LogP contribution is -2.21. The first-order chi connectivity index (χ1) is 9.31. The Morgan fingerprint density at radius 2 is 2.05 bits per heavy atom. The standard InChI is InChI=1S/C14H17N3OS/c18-12(11-6-7-11)9-15-14-17-16-13(19-14)8-10-4-2-1-3-5-10/h1-5,11-12,18H,6-9H2,(H,15,17)/t12-/m1/s1. The number of hydrogen-bond donors (Lipinski definition) is 2. The first-order valence-electron chi connectivity index (χ1n) is 6.59. The second-order valence-corrected chi connectivity index (χ2v) is 6.01. The molecule has 2 N–H and O–H groups in total. The highest BCUT2D eigenvalue weighted by Crippen LogP contribution is 2.32. The van der Waals surface area contributed by atoms with E-state index in [0.717, 1.165) is 29.4 Å². The van der Waals surface area contributed by atoms with Crippen LogP contribution in [0.1, 0.15) is 23.4 Å². The molecular formula is C14H17N3OS. The zero-order valence-corrected chi connectivity index (χ0v) is 11.4. The maximum atomic E-state index is 9.79. The summed E-state index contributed by atoms with van der Waals surface area (Å²) < 4.78 is 0. The smallest absolute Gasteiger partial charge is 0.205 e. The van der Waals surface area contributed by atoms with Crippen molar-refractivity contribution < 1.29 is 5.11 Å². The van der Waals surface area contributed by atoms with Crippen LogP contribution in [-0.2, 0) is 6.42 Å². The van der Waals surface area contributed by atoms with Crippen LogP contribution in [0.15, 0.2) is 30.3 Å². The molecule has 1 aliphatic rings. The molecule has 0 radical (unpaired) electrons. The van der Waals surface area contributed by atoms with Crippen LogP contribution in [0.4, 0.5) is 5.13 Å². The van der Waals surface area contributed by atoms with Crippen LogP contribution in [0, 0.1) is 5.92 Å². The Hall–Kier alpha value is -1.46. The van der Waals surface area contributed by atoms with Gasteiger partial charge in [-0.15, -0.1) is 10.2 Å². The zero-order valence-electron chi connectivity index (χ0n) is 10.6. The highest BCUT2D eigenvalue weighted by molar-refractivity contribution is 7.15. The predicted octanol–water partition coefficient (Wildman–Crippen LogP) is 2.31. The third kappa shape index (κ3) is 3.52. The molecule has 1 saturated carbocycles. The molecule has 0 saturated heterocycles. The Morgan fingerprint density at radius 3 is 2.79 bits per heavy atom. The summed E-state index contributed by atoms with van der Waals surface area (Å²) in [5.74, 6) is 0.490. The molecule has 1 aliphatic carbocycles. The molecule has 0 spiro atoms. The van der Waals surface area contributed by atoms with Crippen LogP contribution in [0.25, 0.3) is 0 Å². The lowest BCUT2D eigenvalue weighted by molar-refractivity contribution is 0.164. The number of aromatic nitrogens is 2. The van der Waals surface area contributed by atoms with Crippen molar-refractivity contribution in [3.05, 3.63) is 40.9 Å². The number of aliphatic hydroxyl groups excluding tert-OH is 1. The van der Waals surface area contributed by atoms with Crippen molar-refractivity contribution in [2.75, 3.05) is 11.9 Å². The summed E-state index contributed by atoms with van der Waals surface area (Å²) in [4.78, 5) is 0. The third-order valence-corrected chi connectivity index (χ3v) is 4.17. The third-order valence-electron chi connectivity index (χ3n) is 3.29. The topological polar surface area (TPSA) is 58.0 Å². The van der Waals surface area contributed by atoms with Gasteiger partial charge in [0.05, 0.1) is 6.10 Å². The van der Waals surface area contributed by atoms with Crippen LogP contribution in [-0.4, -0.2) is 28.0 Å². The molecule has 1 aromatic carbocycles. The number of aliphatic hydroxyl groups is 1. The number of nitrogens with one attached hydrogen (secondary N) is 1. The Balaban J connectivity index is 1.54. The first kappa shape index (κ1) is 12.6. The van der Waals surface area contributed by atoms with Gasteiger partial charge in [-0.25, -0.2) is 0 Å². The summed E-state index contributed by atoms with van der Waals surface area (Å²) in [6.07, 6.45) is 2.86. The lowest BCUT2D eigenvalue weighted by atomic mass is 10.2. The van der Waals surface area contributed by atoms with Crippen LogP contribution in [0.3, 0.4) is 0 Å². The summed E-state index contributed by atoms with van der Waals surface area (Å²) in [6.45, 7) is 0.574. The molecule has 0 aliphatic heterocycles. The van der Waals surface area contributed by atoms with Gasteiger partial charge >= 0.3 is 0 Å². The van der Waals surface area contributed by atoms with E-state index in [1.54, 1.807) is 11.3 Å². The van der Waals surface area contributed by atoms with Crippen molar-refractivity contribution >= 4 is 16.5 Å². The molecule has 1 heterocycles. The average molecular weight is 275 g/mol. The van der Waals surface area contributed by atoms with Crippen LogP contribution in [0.5, 0.6) is 0 Å². The van der Waals surface area contributed by atoms with E-state index < -0.39 is 0 Å². The van der Waals surface area contributed by atoms with E-state index >= 15 is 0 Å². The normalized spacial score (nSPS) is 16.3. The molecule has 4 nitrogen and oxygen atoms in total. The number of benzene rings is 1. The van der Waals surface area contributed by atoms with Crippen molar-refractivity contribution in [2.24, 2.45) is 5.92 Å². The summed E-state index contributed by atoms with van der Waals surface area (Å²) in [7, 11) is 0. The summed E-state index contributed by atoms with van der Waals surface area (Å²) in [6, 6.07) is 10.2. The molecule has 0 amide bonds. The second kappa shape index (κ2) is 5.67. The van der Waals surface area contributed by atoms with E-state index in [9.17, 15) is 5.11 Å². The van der Waals surface area contributed by atoms with Gasteiger partial charge in [0.25, 0.3) is 0 Å². The van der Waals surface area contributed by atoms with Crippen LogP contribution in [0.2, 0.25) is 0 Å². The molecule has 0 bridgehead atoms. The number of rotatable bonds is 6. The van der Waals surface area contributed by atoms with Gasteiger partial charge in [0.1, 0.15) is 5.01 Å². The average Bonchev–Trinajstić information content (AvgIpc) is 3.19. The molecule has 100 valence electrons. The largest absolute Gasteiger partial charge is 0.391 e. The summed E-state index contributed by atoms with van der Waals surface area (Å²) in [5, 5.41) is 23.0. The van der Waals surface area contributed by atoms with Gasteiger partial charge in [-0.05, 0) is 24.3 Å². The number of nitrogens with zero attached hydrogens (tertiary/aromatic N) is 2. The van der Waals surface area contributed by atoms with Crippen molar-refractivity contribution in [1.29, 1.82) is 0 Å². The molecule has 1 fully saturated rings. The highest BCUT2D eigenvalue weighted by Gasteiger charge is 2.29. The Bertz CT molecular complexity index is 524. The van der Waals surface area contributed by atoms with Gasteiger partial charge in [0, 0.05) is 13.0 Å². The fraction of sp³-hybridized carbons (Fsp3) is 0.429. The van der Waals surface area contributed by atoms with Crippen molar-refractivity contribution in [1.82, 2.24) is 10.2 Å². The van der Waals surface area contributed by atoms with E-state index in [0.29, 0.717) is 12.5 Å². The molecule has 1 atom stereocenters. The minimum absolute atomic E-state index is 0.249. The van der Waals surface area contributed by atoms with Gasteiger partial charge < -0.3 is 10.4 Å². The van der Waals surface area contributed by atoms with E-state index in [2.05, 4.69) is 27.6 Å². The molecule has 2 aromatic rings. The minimum atomic E-state index is -0.249. The first-order valence-corrected chi connectivity index (χ1v) is 7.41. The Morgan fingerprint density at radius 1 is 1.26 bits per heavy atom. The SMILES string of the molecule is O[C@H](CNc1nnc(Cc2ccccc2)s1)C1CC1. The van der Waals surface area contributed by atoms with E-state index in [-0.39, 0.29) is 6.10 Å². The second-order valence-electron chi connectivity index (χ2n) is 4.95. The van der Waals surface area contributed by atoms with Crippen molar-refractivity contribution in [3.8, 4) is 0 Å². The number of hydrogen-bond acceptors (Lipinski definition) is 5. The Kier molecular flexibility index (Phi) is 3.75. The van der Waals surface area contributed by atoms with Gasteiger partial charge in [-0.3, -0.25) is 0 Å².